The largest absolute Gasteiger partial charge is 0.323 e. The van der Waals surface area contributed by atoms with Gasteiger partial charge in [-0.2, -0.15) is 0 Å². The van der Waals surface area contributed by atoms with Crippen molar-refractivity contribution in [1.29, 1.82) is 0 Å². The summed E-state index contributed by atoms with van der Waals surface area (Å²) in [6.07, 6.45) is 2.43. The molecule has 3 nitrogen and oxygen atoms in total. The fourth-order valence-corrected chi connectivity index (χ4v) is 2.40. The Morgan fingerprint density at radius 3 is 2.82 bits per heavy atom. The van der Waals surface area contributed by atoms with Gasteiger partial charge in [0.1, 0.15) is 0 Å². The average Bonchev–Trinajstić information content (AvgIpc) is 3.16. The number of aromatic nitrogens is 1. The Balaban J connectivity index is 2.35. The molecule has 1 saturated carbocycles. The van der Waals surface area contributed by atoms with Gasteiger partial charge >= 0.3 is 0 Å². The number of benzene rings is 1. The van der Waals surface area contributed by atoms with Gasteiger partial charge in [0.25, 0.3) is 0 Å². The van der Waals surface area contributed by atoms with Crippen LogP contribution >= 0.6 is 11.6 Å². The van der Waals surface area contributed by atoms with Crippen molar-refractivity contribution in [2.24, 2.45) is 5.84 Å². The van der Waals surface area contributed by atoms with Gasteiger partial charge < -0.3 is 5.43 Å². The number of nitrogens with one attached hydrogen (secondary N) is 1. The van der Waals surface area contributed by atoms with Crippen LogP contribution < -0.4 is 11.3 Å². The molecule has 3 N–H and O–H groups in total. The van der Waals surface area contributed by atoms with E-state index in [0.29, 0.717) is 10.9 Å². The molecule has 1 heterocycles. The van der Waals surface area contributed by atoms with Gasteiger partial charge in [0.2, 0.25) is 0 Å². The summed E-state index contributed by atoms with van der Waals surface area (Å²) in [4.78, 5) is 4.68. The fourth-order valence-electron chi connectivity index (χ4n) is 2.20. The first-order valence-electron chi connectivity index (χ1n) is 5.77. The van der Waals surface area contributed by atoms with Crippen LogP contribution in [0.3, 0.4) is 0 Å². The molecule has 0 amide bonds. The Bertz CT molecular complexity index is 591. The van der Waals surface area contributed by atoms with E-state index < -0.39 is 0 Å². The van der Waals surface area contributed by atoms with Crippen molar-refractivity contribution < 1.29 is 0 Å². The number of pyridine rings is 1. The van der Waals surface area contributed by atoms with Crippen LogP contribution in [0.5, 0.6) is 0 Å². The molecule has 3 rings (SSSR count). The van der Waals surface area contributed by atoms with Crippen LogP contribution in [0.25, 0.3) is 10.9 Å². The van der Waals surface area contributed by atoms with Gasteiger partial charge in [-0.05, 0) is 37.5 Å². The van der Waals surface area contributed by atoms with E-state index in [2.05, 4.69) is 10.4 Å². The predicted molar refractivity (Wildman–Crippen MR) is 71.3 cm³/mol. The summed E-state index contributed by atoms with van der Waals surface area (Å²) >= 11 is 6.22. The molecule has 88 valence electrons. The molecule has 1 aromatic heterocycles. The molecule has 2 aromatic rings. The SMILES string of the molecule is Cc1ccc(Cl)c2nc(C3CC3)cc(NN)c12. The lowest BCUT2D eigenvalue weighted by Crippen LogP contribution is -2.09. The zero-order valence-corrected chi connectivity index (χ0v) is 10.4. The summed E-state index contributed by atoms with van der Waals surface area (Å²) in [6.45, 7) is 2.04. The van der Waals surface area contributed by atoms with Gasteiger partial charge in [-0.15, -0.1) is 0 Å². The van der Waals surface area contributed by atoms with Crippen molar-refractivity contribution in [2.45, 2.75) is 25.7 Å². The van der Waals surface area contributed by atoms with Crippen LogP contribution in [0.2, 0.25) is 5.02 Å². The van der Waals surface area contributed by atoms with Gasteiger partial charge in [0.05, 0.1) is 16.2 Å². The number of rotatable bonds is 2. The topological polar surface area (TPSA) is 50.9 Å². The Labute approximate surface area is 105 Å². The summed E-state index contributed by atoms with van der Waals surface area (Å²) in [7, 11) is 0. The number of aryl methyl sites for hydroxylation is 1. The molecule has 1 aliphatic rings. The van der Waals surface area contributed by atoms with E-state index in [4.69, 9.17) is 17.4 Å². The van der Waals surface area contributed by atoms with Gasteiger partial charge in [-0.3, -0.25) is 10.8 Å². The van der Waals surface area contributed by atoms with Crippen LogP contribution in [0.15, 0.2) is 18.2 Å². The Morgan fingerprint density at radius 1 is 1.41 bits per heavy atom. The Kier molecular flexibility index (Phi) is 2.45. The summed E-state index contributed by atoms with van der Waals surface area (Å²) in [6, 6.07) is 5.93. The normalized spacial score (nSPS) is 15.2. The highest BCUT2D eigenvalue weighted by Crippen LogP contribution is 2.42. The summed E-state index contributed by atoms with van der Waals surface area (Å²) in [5, 5.41) is 1.70. The molecule has 0 radical (unpaired) electrons. The standard InChI is InChI=1S/C13H14ClN3/c1-7-2-5-9(14)13-12(7)11(17-15)6-10(16-13)8-3-4-8/h2,5-6,8H,3-4,15H2,1H3,(H,16,17). The number of hydrogen-bond acceptors (Lipinski definition) is 3. The van der Waals surface area contributed by atoms with Crippen LogP contribution in [0.1, 0.15) is 30.0 Å². The molecule has 1 fully saturated rings. The fraction of sp³-hybridized carbons (Fsp3) is 0.308. The zero-order valence-electron chi connectivity index (χ0n) is 9.63. The summed E-state index contributed by atoms with van der Waals surface area (Å²) < 4.78 is 0. The van der Waals surface area contributed by atoms with Crippen molar-refractivity contribution >= 4 is 28.2 Å². The third-order valence-electron chi connectivity index (χ3n) is 3.29. The average molecular weight is 248 g/mol. The molecule has 17 heavy (non-hydrogen) atoms. The van der Waals surface area contributed by atoms with E-state index in [1.54, 1.807) is 0 Å². The quantitative estimate of drug-likeness (QED) is 0.632. The van der Waals surface area contributed by atoms with Gasteiger partial charge in [0, 0.05) is 17.0 Å². The van der Waals surface area contributed by atoms with Crippen LogP contribution in [0, 0.1) is 6.92 Å². The first-order chi connectivity index (χ1) is 8.20. The number of anilines is 1. The molecule has 0 unspecified atom stereocenters. The second-order valence-electron chi connectivity index (χ2n) is 4.60. The lowest BCUT2D eigenvalue weighted by atomic mass is 10.1. The second kappa shape index (κ2) is 3.86. The second-order valence-corrected chi connectivity index (χ2v) is 5.01. The molecule has 4 heteroatoms. The molecule has 0 atom stereocenters. The maximum Gasteiger partial charge on any atom is 0.0915 e. The maximum absolute atomic E-state index is 6.22. The summed E-state index contributed by atoms with van der Waals surface area (Å²) in [5.41, 5.74) is 6.75. The molecule has 0 bridgehead atoms. The van der Waals surface area contributed by atoms with E-state index in [1.807, 2.05) is 25.1 Å². The van der Waals surface area contributed by atoms with E-state index in [9.17, 15) is 0 Å². The highest BCUT2D eigenvalue weighted by molar-refractivity contribution is 6.35. The third-order valence-corrected chi connectivity index (χ3v) is 3.60. The van der Waals surface area contributed by atoms with E-state index >= 15 is 0 Å². The van der Waals surface area contributed by atoms with E-state index in [1.165, 1.54) is 12.8 Å². The van der Waals surface area contributed by atoms with Gasteiger partial charge in [0.15, 0.2) is 0 Å². The number of hydrogen-bond donors (Lipinski definition) is 2. The third kappa shape index (κ3) is 1.75. The molecule has 0 spiro atoms. The number of nitrogen functional groups attached to an aromatic ring is 1. The number of fused-ring (bicyclic) bond motifs is 1. The minimum Gasteiger partial charge on any atom is -0.323 e. The number of nitrogens with two attached hydrogens (primary N) is 1. The van der Waals surface area contributed by atoms with Crippen LogP contribution in [0.4, 0.5) is 5.69 Å². The molecule has 1 aliphatic carbocycles. The number of halogens is 1. The van der Waals surface area contributed by atoms with Crippen molar-refractivity contribution in [3.8, 4) is 0 Å². The van der Waals surface area contributed by atoms with Gasteiger partial charge in [-0.1, -0.05) is 17.7 Å². The maximum atomic E-state index is 6.22. The van der Waals surface area contributed by atoms with Crippen molar-refractivity contribution in [3.63, 3.8) is 0 Å². The first kappa shape index (κ1) is 10.8. The van der Waals surface area contributed by atoms with Crippen molar-refractivity contribution in [2.75, 3.05) is 5.43 Å². The van der Waals surface area contributed by atoms with Crippen LogP contribution in [-0.4, -0.2) is 4.98 Å². The molecule has 0 aliphatic heterocycles. The zero-order chi connectivity index (χ0) is 12.0. The minimum atomic E-state index is 0.586. The predicted octanol–water partition coefficient (Wildman–Crippen LogP) is 3.36. The van der Waals surface area contributed by atoms with E-state index in [0.717, 1.165) is 27.8 Å². The van der Waals surface area contributed by atoms with Crippen molar-refractivity contribution in [3.05, 3.63) is 34.5 Å². The molecular formula is C13H14ClN3. The Hall–Kier alpha value is -1.32. The number of hydrazine groups is 1. The van der Waals surface area contributed by atoms with E-state index in [-0.39, 0.29) is 0 Å². The van der Waals surface area contributed by atoms with Crippen molar-refractivity contribution in [1.82, 2.24) is 4.98 Å². The Morgan fingerprint density at radius 2 is 2.18 bits per heavy atom. The molecule has 0 saturated heterocycles. The number of nitrogens with zero attached hydrogens (tertiary/aromatic N) is 1. The monoisotopic (exact) mass is 247 g/mol. The lowest BCUT2D eigenvalue weighted by Gasteiger charge is -2.11. The van der Waals surface area contributed by atoms with Crippen LogP contribution in [-0.2, 0) is 0 Å². The first-order valence-corrected chi connectivity index (χ1v) is 6.15. The highest BCUT2D eigenvalue weighted by Gasteiger charge is 2.26. The molecular weight excluding hydrogens is 234 g/mol. The lowest BCUT2D eigenvalue weighted by molar-refractivity contribution is 1.04. The smallest absolute Gasteiger partial charge is 0.0915 e. The molecule has 1 aromatic carbocycles. The highest BCUT2D eigenvalue weighted by atomic mass is 35.5. The summed E-state index contributed by atoms with van der Waals surface area (Å²) in [5.74, 6) is 6.19. The van der Waals surface area contributed by atoms with Gasteiger partial charge in [-0.25, -0.2) is 0 Å². The minimum absolute atomic E-state index is 0.586.